The fourth-order valence-electron chi connectivity index (χ4n) is 3.33. The fourth-order valence-corrected chi connectivity index (χ4v) is 3.49. The molecule has 3 rings (SSSR count). The van der Waals surface area contributed by atoms with E-state index < -0.39 is 36.8 Å². The zero-order chi connectivity index (χ0) is 21.3. The molecule has 0 aromatic heterocycles. The molecule has 4 N–H and O–H groups in total. The van der Waals surface area contributed by atoms with Gasteiger partial charge in [0, 0.05) is 10.6 Å². The smallest absolute Gasteiger partial charge is 0.231 e. The Morgan fingerprint density at radius 2 is 1.86 bits per heavy atom. The van der Waals surface area contributed by atoms with Crippen molar-refractivity contribution < 1.29 is 34.6 Å². The average molecular weight is 425 g/mol. The molecule has 0 aliphatic carbocycles. The fraction of sp³-hybridized carbons (Fsp3) is 0.429. The summed E-state index contributed by atoms with van der Waals surface area (Å²) in [5, 5.41) is 40.7. The van der Waals surface area contributed by atoms with Crippen LogP contribution in [-0.4, -0.2) is 64.3 Å². The average Bonchev–Trinajstić information content (AvgIpc) is 2.69. The molecule has 1 aliphatic rings. The maximum Gasteiger partial charge on any atom is 0.231 e. The molecule has 5 atom stereocenters. The monoisotopic (exact) mass is 424 g/mol. The van der Waals surface area contributed by atoms with Crippen molar-refractivity contribution in [3.05, 3.63) is 47.0 Å². The lowest BCUT2D eigenvalue weighted by Crippen LogP contribution is -2.66. The van der Waals surface area contributed by atoms with Crippen LogP contribution in [0, 0.1) is 6.92 Å². The highest BCUT2D eigenvalue weighted by Crippen LogP contribution is 2.36. The van der Waals surface area contributed by atoms with Gasteiger partial charge in [0.25, 0.3) is 0 Å². The largest absolute Gasteiger partial charge is 0.496 e. The van der Waals surface area contributed by atoms with Crippen LogP contribution in [0.15, 0.2) is 36.4 Å². The number of rotatable bonds is 5. The highest BCUT2D eigenvalue weighted by molar-refractivity contribution is 6.30. The van der Waals surface area contributed by atoms with Crippen molar-refractivity contribution in [1.82, 2.24) is 0 Å². The molecule has 1 fully saturated rings. The van der Waals surface area contributed by atoms with Crippen molar-refractivity contribution in [2.45, 2.75) is 44.1 Å². The van der Waals surface area contributed by atoms with Crippen molar-refractivity contribution in [3.8, 4) is 22.6 Å². The normalized spacial score (nSPS) is 29.5. The van der Waals surface area contributed by atoms with Crippen molar-refractivity contribution in [1.29, 1.82) is 0 Å². The van der Waals surface area contributed by atoms with Crippen LogP contribution in [0.25, 0.3) is 11.1 Å². The molecule has 0 unspecified atom stereocenters. The Morgan fingerprint density at radius 1 is 1.14 bits per heavy atom. The summed E-state index contributed by atoms with van der Waals surface area (Å²) in [4.78, 5) is 0. The Bertz CT molecular complexity index is 870. The number of hydrogen-bond donors (Lipinski definition) is 4. The molecule has 29 heavy (non-hydrogen) atoms. The lowest BCUT2D eigenvalue weighted by Gasteiger charge is -2.45. The second-order valence-corrected chi connectivity index (χ2v) is 7.73. The molecular formula is C21H25ClO7. The molecule has 0 amide bonds. The van der Waals surface area contributed by atoms with Crippen molar-refractivity contribution in [2.24, 2.45) is 0 Å². The second-order valence-electron chi connectivity index (χ2n) is 7.29. The first-order valence-electron chi connectivity index (χ1n) is 9.15. The molecule has 1 heterocycles. The first-order chi connectivity index (χ1) is 13.7. The summed E-state index contributed by atoms with van der Waals surface area (Å²) >= 11 is 6.03. The molecule has 1 aliphatic heterocycles. The summed E-state index contributed by atoms with van der Waals surface area (Å²) in [6.45, 7) is 2.61. The predicted molar refractivity (Wildman–Crippen MR) is 107 cm³/mol. The number of benzene rings is 2. The van der Waals surface area contributed by atoms with Crippen LogP contribution in [0.2, 0.25) is 5.02 Å². The molecule has 0 saturated carbocycles. The first kappa shape index (κ1) is 21.8. The molecule has 7 nitrogen and oxygen atoms in total. The van der Waals surface area contributed by atoms with E-state index in [0.29, 0.717) is 16.5 Å². The number of halogens is 1. The quantitative estimate of drug-likeness (QED) is 0.580. The molecule has 0 bridgehead atoms. The predicted octanol–water partition coefficient (Wildman–Crippen LogP) is 1.89. The number of aliphatic hydroxyl groups excluding tert-OH is 3. The Balaban J connectivity index is 1.88. The molecular weight excluding hydrogens is 400 g/mol. The maximum atomic E-state index is 10.6. The van der Waals surface area contributed by atoms with E-state index >= 15 is 0 Å². The third-order valence-corrected chi connectivity index (χ3v) is 5.38. The summed E-state index contributed by atoms with van der Waals surface area (Å²) in [5.41, 5.74) is 0.602. The topological polar surface area (TPSA) is 109 Å². The van der Waals surface area contributed by atoms with Crippen LogP contribution in [0.3, 0.4) is 0 Å². The van der Waals surface area contributed by atoms with E-state index in [1.54, 1.807) is 25.3 Å². The highest BCUT2D eigenvalue weighted by Gasteiger charge is 2.53. The zero-order valence-electron chi connectivity index (χ0n) is 16.4. The molecule has 1 saturated heterocycles. The van der Waals surface area contributed by atoms with Gasteiger partial charge in [-0.1, -0.05) is 17.7 Å². The summed E-state index contributed by atoms with van der Waals surface area (Å²) in [6.07, 6.45) is -5.34. The summed E-state index contributed by atoms with van der Waals surface area (Å²) < 4.78 is 16.7. The SMILES string of the molecule is COc1cc(Cl)ccc1-c1ccc(O[C@H]2O[C@H](CO)[C@@H](O)[C@H](O)[C@]2(C)O)c(C)c1. The van der Waals surface area contributed by atoms with E-state index in [0.717, 1.165) is 16.7 Å². The van der Waals surface area contributed by atoms with Gasteiger partial charge >= 0.3 is 0 Å². The maximum absolute atomic E-state index is 10.6. The minimum atomic E-state index is -1.88. The minimum absolute atomic E-state index is 0.423. The number of hydrogen-bond acceptors (Lipinski definition) is 7. The van der Waals surface area contributed by atoms with Gasteiger partial charge in [-0.15, -0.1) is 0 Å². The lowest BCUT2D eigenvalue weighted by atomic mass is 9.88. The summed E-state index contributed by atoms with van der Waals surface area (Å²) in [7, 11) is 1.57. The Hall–Kier alpha value is -1.87. The number of aliphatic hydroxyl groups is 4. The van der Waals surface area contributed by atoms with E-state index in [1.165, 1.54) is 6.92 Å². The zero-order valence-corrected chi connectivity index (χ0v) is 17.1. The third kappa shape index (κ3) is 4.21. The number of ether oxygens (including phenoxy) is 3. The Labute approximate surface area is 174 Å². The Morgan fingerprint density at radius 3 is 2.48 bits per heavy atom. The van der Waals surface area contributed by atoms with Gasteiger partial charge in [0.15, 0.2) is 5.60 Å². The van der Waals surface area contributed by atoms with Crippen molar-refractivity contribution >= 4 is 11.6 Å². The molecule has 8 heteroatoms. The van der Waals surface area contributed by atoms with Crippen LogP contribution in [-0.2, 0) is 4.74 Å². The van der Waals surface area contributed by atoms with E-state index in [1.807, 2.05) is 25.1 Å². The van der Waals surface area contributed by atoms with Gasteiger partial charge in [-0.05, 0) is 55.3 Å². The van der Waals surface area contributed by atoms with E-state index in [4.69, 9.17) is 25.8 Å². The van der Waals surface area contributed by atoms with Gasteiger partial charge in [0.2, 0.25) is 6.29 Å². The second kappa shape index (κ2) is 8.47. The van der Waals surface area contributed by atoms with Crippen molar-refractivity contribution in [3.63, 3.8) is 0 Å². The van der Waals surface area contributed by atoms with Crippen LogP contribution in [0.4, 0.5) is 0 Å². The number of methoxy groups -OCH3 is 1. The van der Waals surface area contributed by atoms with Crippen LogP contribution < -0.4 is 9.47 Å². The highest BCUT2D eigenvalue weighted by atomic mass is 35.5. The van der Waals surface area contributed by atoms with Gasteiger partial charge in [0.05, 0.1) is 13.7 Å². The van der Waals surface area contributed by atoms with Gasteiger partial charge in [-0.3, -0.25) is 0 Å². The van der Waals surface area contributed by atoms with E-state index in [9.17, 15) is 20.4 Å². The third-order valence-electron chi connectivity index (χ3n) is 5.14. The van der Waals surface area contributed by atoms with E-state index in [-0.39, 0.29) is 0 Å². The summed E-state index contributed by atoms with van der Waals surface area (Å²) in [6, 6.07) is 10.8. The van der Waals surface area contributed by atoms with Crippen LogP contribution >= 0.6 is 11.6 Å². The van der Waals surface area contributed by atoms with Crippen LogP contribution in [0.1, 0.15) is 12.5 Å². The standard InChI is InChI=1S/C21H25ClO7/c1-11-8-12(14-6-5-13(22)9-16(14)27-3)4-7-15(11)28-20-21(2,26)19(25)18(24)17(10-23)29-20/h4-9,17-20,23-26H,10H2,1-3H3/t17-,18-,19+,20+,21+/m1/s1. The Kier molecular flexibility index (Phi) is 6.38. The van der Waals surface area contributed by atoms with Crippen molar-refractivity contribution in [2.75, 3.05) is 13.7 Å². The molecule has 2 aromatic carbocycles. The molecule has 0 spiro atoms. The lowest BCUT2D eigenvalue weighted by molar-refractivity contribution is -0.314. The molecule has 0 radical (unpaired) electrons. The van der Waals surface area contributed by atoms with Gasteiger partial charge in [-0.2, -0.15) is 0 Å². The minimum Gasteiger partial charge on any atom is -0.496 e. The number of aryl methyl sites for hydroxylation is 1. The van der Waals surface area contributed by atoms with Crippen LogP contribution in [0.5, 0.6) is 11.5 Å². The van der Waals surface area contributed by atoms with Gasteiger partial charge in [-0.25, -0.2) is 0 Å². The van der Waals surface area contributed by atoms with Gasteiger partial charge < -0.3 is 34.6 Å². The first-order valence-corrected chi connectivity index (χ1v) is 9.53. The molecule has 158 valence electrons. The van der Waals surface area contributed by atoms with E-state index in [2.05, 4.69) is 0 Å². The van der Waals surface area contributed by atoms with Gasteiger partial charge in [0.1, 0.15) is 29.8 Å². The molecule has 2 aromatic rings. The summed E-state index contributed by atoms with van der Waals surface area (Å²) in [5.74, 6) is 1.05.